The lowest BCUT2D eigenvalue weighted by Gasteiger charge is -2.10. The standard InChI is InChI=1S/C21H18N6O/c22-10-9-17(23)19-5-2-4-18(26-19)14-7-8-15-12-24-27(20(15)11-14)21-6-1-3-16(13-28)25-21/h1-8,11-12,17,28H,9,13,23H2. The van der Waals surface area contributed by atoms with Gasteiger partial charge in [-0.3, -0.25) is 4.98 Å². The van der Waals surface area contributed by atoms with Crippen molar-refractivity contribution in [3.8, 4) is 23.1 Å². The Morgan fingerprint density at radius 1 is 1.11 bits per heavy atom. The zero-order chi connectivity index (χ0) is 19.5. The molecule has 0 saturated carbocycles. The van der Waals surface area contributed by atoms with E-state index < -0.39 is 6.04 Å². The Morgan fingerprint density at radius 2 is 1.96 bits per heavy atom. The molecule has 0 aliphatic carbocycles. The molecule has 28 heavy (non-hydrogen) atoms. The van der Waals surface area contributed by atoms with E-state index in [1.807, 2.05) is 48.5 Å². The number of hydrogen-bond acceptors (Lipinski definition) is 6. The Kier molecular flexibility index (Phi) is 4.81. The van der Waals surface area contributed by atoms with Crippen LogP contribution in [0.15, 0.2) is 60.8 Å². The van der Waals surface area contributed by atoms with Crippen molar-refractivity contribution in [2.45, 2.75) is 19.1 Å². The van der Waals surface area contributed by atoms with E-state index in [1.165, 1.54) is 0 Å². The summed E-state index contributed by atoms with van der Waals surface area (Å²) in [6.45, 7) is -0.127. The van der Waals surface area contributed by atoms with Gasteiger partial charge in [0.15, 0.2) is 5.82 Å². The number of fused-ring (bicyclic) bond motifs is 1. The molecular formula is C21H18N6O. The maximum absolute atomic E-state index is 9.34. The quantitative estimate of drug-likeness (QED) is 0.558. The van der Waals surface area contributed by atoms with E-state index in [2.05, 4.69) is 21.1 Å². The Labute approximate surface area is 161 Å². The second kappa shape index (κ2) is 7.56. The maximum atomic E-state index is 9.34. The minimum atomic E-state index is -0.412. The van der Waals surface area contributed by atoms with Crippen molar-refractivity contribution in [1.29, 1.82) is 5.26 Å². The molecule has 1 unspecified atom stereocenters. The van der Waals surface area contributed by atoms with Crippen LogP contribution in [-0.4, -0.2) is 24.9 Å². The summed E-state index contributed by atoms with van der Waals surface area (Å²) < 4.78 is 1.74. The van der Waals surface area contributed by atoms with Gasteiger partial charge in [0.25, 0.3) is 0 Å². The topological polar surface area (TPSA) is 114 Å². The van der Waals surface area contributed by atoms with Crippen LogP contribution < -0.4 is 5.73 Å². The van der Waals surface area contributed by atoms with Crippen LogP contribution in [0.3, 0.4) is 0 Å². The highest BCUT2D eigenvalue weighted by molar-refractivity contribution is 5.84. The summed E-state index contributed by atoms with van der Waals surface area (Å²) in [4.78, 5) is 9.06. The summed E-state index contributed by atoms with van der Waals surface area (Å²) in [5.41, 5.74) is 9.87. The van der Waals surface area contributed by atoms with Gasteiger partial charge in [-0.05, 0) is 30.3 Å². The number of nitrogens with two attached hydrogens (primary N) is 1. The van der Waals surface area contributed by atoms with E-state index in [1.54, 1.807) is 16.9 Å². The molecule has 1 aromatic carbocycles. The third-order valence-electron chi connectivity index (χ3n) is 4.50. The lowest BCUT2D eigenvalue weighted by Crippen LogP contribution is -2.11. The number of pyridine rings is 2. The van der Waals surface area contributed by atoms with Crippen LogP contribution in [0.1, 0.15) is 23.9 Å². The molecule has 4 aromatic rings. The molecule has 7 nitrogen and oxygen atoms in total. The molecule has 0 bridgehead atoms. The normalized spacial score (nSPS) is 12.0. The van der Waals surface area contributed by atoms with Crippen molar-refractivity contribution < 1.29 is 5.11 Å². The largest absolute Gasteiger partial charge is 0.390 e. The molecule has 3 N–H and O–H groups in total. The lowest BCUT2D eigenvalue weighted by molar-refractivity contribution is 0.276. The predicted octanol–water partition coefficient (Wildman–Crippen LogP) is 2.89. The second-order valence-corrected chi connectivity index (χ2v) is 6.39. The molecule has 0 amide bonds. The van der Waals surface area contributed by atoms with Crippen LogP contribution in [0.5, 0.6) is 0 Å². The molecule has 3 heterocycles. The van der Waals surface area contributed by atoms with Gasteiger partial charge in [0, 0.05) is 10.9 Å². The van der Waals surface area contributed by atoms with Crippen molar-refractivity contribution in [3.05, 3.63) is 72.2 Å². The van der Waals surface area contributed by atoms with E-state index in [0.29, 0.717) is 17.2 Å². The van der Waals surface area contributed by atoms with E-state index >= 15 is 0 Å². The average Bonchev–Trinajstić information content (AvgIpc) is 3.17. The van der Waals surface area contributed by atoms with Crippen LogP contribution >= 0.6 is 0 Å². The highest BCUT2D eigenvalue weighted by atomic mass is 16.3. The molecule has 0 spiro atoms. The monoisotopic (exact) mass is 370 g/mol. The Morgan fingerprint density at radius 3 is 2.79 bits per heavy atom. The fraction of sp³-hybridized carbons (Fsp3) is 0.143. The first-order valence-corrected chi connectivity index (χ1v) is 8.84. The predicted molar refractivity (Wildman–Crippen MR) is 105 cm³/mol. The fourth-order valence-electron chi connectivity index (χ4n) is 3.05. The Bertz CT molecular complexity index is 1180. The third-order valence-corrected chi connectivity index (χ3v) is 4.50. The van der Waals surface area contributed by atoms with Gasteiger partial charge < -0.3 is 10.8 Å². The van der Waals surface area contributed by atoms with Crippen LogP contribution in [0.2, 0.25) is 0 Å². The van der Waals surface area contributed by atoms with Gasteiger partial charge in [0.1, 0.15) is 0 Å². The van der Waals surface area contributed by atoms with E-state index in [0.717, 1.165) is 22.2 Å². The molecule has 138 valence electrons. The zero-order valence-corrected chi connectivity index (χ0v) is 15.0. The van der Waals surface area contributed by atoms with E-state index in [-0.39, 0.29) is 13.0 Å². The summed E-state index contributed by atoms with van der Waals surface area (Å²) in [5, 5.41) is 23.6. The third kappa shape index (κ3) is 3.34. The van der Waals surface area contributed by atoms with Crippen molar-refractivity contribution in [3.63, 3.8) is 0 Å². The number of aliphatic hydroxyl groups is 1. The minimum absolute atomic E-state index is 0.127. The average molecular weight is 370 g/mol. The van der Waals surface area contributed by atoms with Crippen molar-refractivity contribution in [2.24, 2.45) is 5.73 Å². The molecule has 0 aliphatic rings. The second-order valence-electron chi connectivity index (χ2n) is 6.39. The molecule has 0 radical (unpaired) electrons. The summed E-state index contributed by atoms with van der Waals surface area (Å²) in [7, 11) is 0. The number of aliphatic hydroxyl groups excluding tert-OH is 1. The SMILES string of the molecule is N#CCC(N)c1cccc(-c2ccc3cnn(-c4cccc(CO)n4)c3c2)n1. The number of rotatable bonds is 5. The number of nitriles is 1. The van der Waals surface area contributed by atoms with Crippen LogP contribution in [-0.2, 0) is 6.61 Å². The van der Waals surface area contributed by atoms with Crippen molar-refractivity contribution in [2.75, 3.05) is 0 Å². The zero-order valence-electron chi connectivity index (χ0n) is 15.0. The lowest BCUT2D eigenvalue weighted by atomic mass is 10.1. The van der Waals surface area contributed by atoms with Crippen LogP contribution in [0, 0.1) is 11.3 Å². The first-order valence-electron chi connectivity index (χ1n) is 8.84. The smallest absolute Gasteiger partial charge is 0.154 e. The molecule has 3 aromatic heterocycles. The number of benzene rings is 1. The van der Waals surface area contributed by atoms with Gasteiger partial charge in [0.2, 0.25) is 0 Å². The van der Waals surface area contributed by atoms with Crippen LogP contribution in [0.25, 0.3) is 28.0 Å². The first-order chi connectivity index (χ1) is 13.7. The first kappa shape index (κ1) is 17.8. The van der Waals surface area contributed by atoms with Crippen molar-refractivity contribution >= 4 is 10.9 Å². The van der Waals surface area contributed by atoms with Gasteiger partial charge in [-0.1, -0.05) is 24.3 Å². The van der Waals surface area contributed by atoms with Gasteiger partial charge in [-0.15, -0.1) is 0 Å². The van der Waals surface area contributed by atoms with E-state index in [9.17, 15) is 5.11 Å². The number of nitrogens with zero attached hydrogens (tertiary/aromatic N) is 5. The van der Waals surface area contributed by atoms with Crippen LogP contribution in [0.4, 0.5) is 0 Å². The van der Waals surface area contributed by atoms with Gasteiger partial charge in [-0.25, -0.2) is 9.67 Å². The summed E-state index contributed by atoms with van der Waals surface area (Å²) in [5.74, 6) is 0.636. The fourth-order valence-corrected chi connectivity index (χ4v) is 3.05. The molecule has 1 atom stereocenters. The molecule has 0 saturated heterocycles. The Balaban J connectivity index is 1.78. The molecular weight excluding hydrogens is 352 g/mol. The summed E-state index contributed by atoms with van der Waals surface area (Å²) in [6, 6.07) is 18.7. The van der Waals surface area contributed by atoms with E-state index in [4.69, 9.17) is 11.0 Å². The highest BCUT2D eigenvalue weighted by Gasteiger charge is 2.11. The summed E-state index contributed by atoms with van der Waals surface area (Å²) in [6.07, 6.45) is 1.99. The molecule has 0 fully saturated rings. The van der Waals surface area contributed by atoms with Gasteiger partial charge in [0.05, 0.1) is 53.9 Å². The maximum Gasteiger partial charge on any atom is 0.154 e. The molecule has 4 rings (SSSR count). The minimum Gasteiger partial charge on any atom is -0.390 e. The molecule has 0 aliphatic heterocycles. The van der Waals surface area contributed by atoms with Gasteiger partial charge in [-0.2, -0.15) is 10.4 Å². The molecule has 7 heteroatoms. The number of aromatic nitrogens is 4. The van der Waals surface area contributed by atoms with Gasteiger partial charge >= 0.3 is 0 Å². The highest BCUT2D eigenvalue weighted by Crippen LogP contribution is 2.26. The number of hydrogen-bond donors (Lipinski definition) is 2. The van der Waals surface area contributed by atoms with Crippen molar-refractivity contribution in [1.82, 2.24) is 19.7 Å². The summed E-state index contributed by atoms with van der Waals surface area (Å²) >= 11 is 0. The Hall–Kier alpha value is -3.60.